The van der Waals surface area contributed by atoms with Gasteiger partial charge in [0.1, 0.15) is 30.3 Å². The molecule has 0 aliphatic heterocycles. The van der Waals surface area contributed by atoms with Gasteiger partial charge in [-0.1, -0.05) is 18.2 Å². The van der Waals surface area contributed by atoms with Gasteiger partial charge in [-0.05, 0) is 48.9 Å². The number of rotatable bonds is 4. The van der Waals surface area contributed by atoms with Crippen molar-refractivity contribution in [3.05, 3.63) is 72.2 Å². The third-order valence-electron chi connectivity index (χ3n) is 5.04. The first-order valence-corrected chi connectivity index (χ1v) is 9.28. The van der Waals surface area contributed by atoms with Crippen LogP contribution in [0.3, 0.4) is 0 Å². The van der Waals surface area contributed by atoms with Crippen molar-refractivity contribution >= 4 is 28.2 Å². The quantitative estimate of drug-likeness (QED) is 0.502. The van der Waals surface area contributed by atoms with Crippen LogP contribution in [0.25, 0.3) is 28.0 Å². The van der Waals surface area contributed by atoms with Crippen LogP contribution in [-0.2, 0) is 6.61 Å². The average molecular weight is 385 g/mol. The molecule has 5 aromatic rings. The minimum Gasteiger partial charge on any atom is -0.459 e. The lowest BCUT2D eigenvalue weighted by Crippen LogP contribution is -2.13. The summed E-state index contributed by atoms with van der Waals surface area (Å²) in [6.45, 7) is 1.94. The van der Waals surface area contributed by atoms with E-state index >= 15 is 0 Å². The number of hydrogen-bond acceptors (Lipinski definition) is 6. The lowest BCUT2D eigenvalue weighted by Gasteiger charge is -2.21. The Morgan fingerprint density at radius 1 is 1.10 bits per heavy atom. The van der Waals surface area contributed by atoms with Crippen LogP contribution in [-0.4, -0.2) is 31.7 Å². The number of aromatic nitrogens is 4. The Balaban J connectivity index is 1.64. The van der Waals surface area contributed by atoms with E-state index in [0.717, 1.165) is 33.5 Å². The van der Waals surface area contributed by atoms with Crippen LogP contribution in [0.5, 0.6) is 0 Å². The molecule has 0 aliphatic rings. The fraction of sp³-hybridized carbons (Fsp3) is 0.136. The predicted molar refractivity (Wildman–Crippen MR) is 111 cm³/mol. The molecule has 5 rings (SSSR count). The number of hydrogen-bond donors (Lipinski definition) is 1. The minimum absolute atomic E-state index is 0.118. The lowest BCUT2D eigenvalue weighted by atomic mass is 10.1. The van der Waals surface area contributed by atoms with Crippen LogP contribution >= 0.6 is 0 Å². The molecule has 0 fully saturated rings. The number of fused-ring (bicyclic) bond motifs is 3. The summed E-state index contributed by atoms with van der Waals surface area (Å²) < 4.78 is 7.58. The van der Waals surface area contributed by atoms with E-state index in [1.165, 1.54) is 0 Å². The number of benzene rings is 2. The number of aliphatic hydroxyl groups excluding tert-OH is 1. The van der Waals surface area contributed by atoms with Gasteiger partial charge in [-0.15, -0.1) is 10.2 Å². The Labute approximate surface area is 166 Å². The van der Waals surface area contributed by atoms with Crippen molar-refractivity contribution < 1.29 is 9.52 Å². The molecule has 0 spiro atoms. The molecule has 29 heavy (non-hydrogen) atoms. The Hall–Kier alpha value is -3.71. The molecule has 144 valence electrons. The molecule has 7 nitrogen and oxygen atoms in total. The van der Waals surface area contributed by atoms with Crippen molar-refractivity contribution in [1.82, 2.24) is 19.6 Å². The summed E-state index contributed by atoms with van der Waals surface area (Å²) in [5, 5.41) is 18.4. The van der Waals surface area contributed by atoms with Crippen LogP contribution in [0.4, 0.5) is 11.5 Å². The lowest BCUT2D eigenvalue weighted by molar-refractivity contribution is 0.248. The molecule has 0 bridgehead atoms. The number of aliphatic hydroxyl groups is 1. The molecule has 0 saturated carbocycles. The van der Waals surface area contributed by atoms with Crippen molar-refractivity contribution in [1.29, 1.82) is 0 Å². The first kappa shape index (κ1) is 17.4. The zero-order valence-corrected chi connectivity index (χ0v) is 16.1. The fourth-order valence-corrected chi connectivity index (χ4v) is 3.52. The highest BCUT2D eigenvalue weighted by Gasteiger charge is 2.15. The molecule has 0 saturated heterocycles. The van der Waals surface area contributed by atoms with Gasteiger partial charge in [-0.25, -0.2) is 0 Å². The van der Waals surface area contributed by atoms with Crippen LogP contribution in [0.2, 0.25) is 0 Å². The molecule has 0 aliphatic carbocycles. The predicted octanol–water partition coefficient (Wildman–Crippen LogP) is 4.11. The van der Waals surface area contributed by atoms with Gasteiger partial charge in [0.05, 0.1) is 5.52 Å². The molecule has 3 heterocycles. The average Bonchev–Trinajstić information content (AvgIpc) is 3.42. The van der Waals surface area contributed by atoms with Crippen LogP contribution in [0.15, 0.2) is 65.3 Å². The minimum atomic E-state index is -0.118. The van der Waals surface area contributed by atoms with E-state index in [0.29, 0.717) is 17.3 Å². The molecule has 3 aromatic heterocycles. The van der Waals surface area contributed by atoms with Gasteiger partial charge in [-0.3, -0.25) is 4.40 Å². The second-order valence-corrected chi connectivity index (χ2v) is 6.99. The molecule has 1 N–H and O–H groups in total. The van der Waals surface area contributed by atoms with Crippen molar-refractivity contribution in [2.24, 2.45) is 0 Å². The van der Waals surface area contributed by atoms with E-state index in [4.69, 9.17) is 9.40 Å². The fourth-order valence-electron chi connectivity index (χ4n) is 3.52. The standard InChI is InChI=1S/C22H19N5O2/c1-14-6-8-18-19(10-14)27-13-23-25-22(27)24-21(18)26(2)16-5-3-4-15(11-16)20-9-7-17(12-28)29-20/h3-11,13,28H,12H2,1-2H3. The highest BCUT2D eigenvalue weighted by Crippen LogP contribution is 2.33. The van der Waals surface area contributed by atoms with E-state index in [-0.39, 0.29) is 6.61 Å². The van der Waals surface area contributed by atoms with E-state index in [9.17, 15) is 5.11 Å². The van der Waals surface area contributed by atoms with Crippen LogP contribution in [0.1, 0.15) is 11.3 Å². The molecular formula is C22H19N5O2. The van der Waals surface area contributed by atoms with Crippen molar-refractivity contribution in [2.45, 2.75) is 13.5 Å². The zero-order chi connectivity index (χ0) is 20.0. The first-order chi connectivity index (χ1) is 14.1. The van der Waals surface area contributed by atoms with Gasteiger partial charge in [0.25, 0.3) is 5.78 Å². The van der Waals surface area contributed by atoms with E-state index in [1.807, 2.05) is 46.7 Å². The van der Waals surface area contributed by atoms with Gasteiger partial charge in [0.2, 0.25) is 0 Å². The third kappa shape index (κ3) is 2.92. The maximum Gasteiger partial charge on any atom is 0.257 e. The Morgan fingerprint density at radius 3 is 2.83 bits per heavy atom. The second kappa shape index (κ2) is 6.72. The molecule has 0 radical (unpaired) electrons. The number of nitrogens with zero attached hydrogens (tertiary/aromatic N) is 5. The molecule has 0 unspecified atom stereocenters. The second-order valence-electron chi connectivity index (χ2n) is 6.99. The monoisotopic (exact) mass is 385 g/mol. The SMILES string of the molecule is Cc1ccc2c(N(C)c3cccc(-c4ccc(CO)o4)c3)nc3nncn3c2c1. The Kier molecular flexibility index (Phi) is 4.03. The summed E-state index contributed by atoms with van der Waals surface area (Å²) in [5.41, 5.74) is 4.06. The molecule has 0 atom stereocenters. The Morgan fingerprint density at radius 2 is 2.00 bits per heavy atom. The topological polar surface area (TPSA) is 79.7 Å². The van der Waals surface area contributed by atoms with E-state index in [1.54, 1.807) is 12.4 Å². The highest BCUT2D eigenvalue weighted by molar-refractivity contribution is 5.93. The number of aryl methyl sites for hydroxylation is 1. The zero-order valence-electron chi connectivity index (χ0n) is 16.1. The number of furan rings is 1. The van der Waals surface area contributed by atoms with Crippen molar-refractivity contribution in [2.75, 3.05) is 11.9 Å². The molecule has 0 amide bonds. The van der Waals surface area contributed by atoms with Gasteiger partial charge < -0.3 is 14.4 Å². The van der Waals surface area contributed by atoms with E-state index < -0.39 is 0 Å². The largest absolute Gasteiger partial charge is 0.459 e. The summed E-state index contributed by atoms with van der Waals surface area (Å²) >= 11 is 0. The highest BCUT2D eigenvalue weighted by atomic mass is 16.4. The Bertz CT molecular complexity index is 1340. The van der Waals surface area contributed by atoms with Crippen molar-refractivity contribution in [3.63, 3.8) is 0 Å². The maximum atomic E-state index is 9.25. The summed E-state index contributed by atoms with van der Waals surface area (Å²) in [6, 6.07) is 17.9. The van der Waals surface area contributed by atoms with Crippen LogP contribution in [0, 0.1) is 6.92 Å². The molecule has 2 aromatic carbocycles. The van der Waals surface area contributed by atoms with Gasteiger partial charge in [-0.2, -0.15) is 4.98 Å². The molecular weight excluding hydrogens is 366 g/mol. The van der Waals surface area contributed by atoms with Crippen LogP contribution < -0.4 is 4.90 Å². The number of anilines is 2. The summed E-state index contributed by atoms with van der Waals surface area (Å²) in [4.78, 5) is 6.78. The van der Waals surface area contributed by atoms with Gasteiger partial charge in [0, 0.05) is 23.7 Å². The molecule has 7 heteroatoms. The summed E-state index contributed by atoms with van der Waals surface area (Å²) in [6.07, 6.45) is 1.68. The normalized spacial score (nSPS) is 11.4. The smallest absolute Gasteiger partial charge is 0.257 e. The van der Waals surface area contributed by atoms with Gasteiger partial charge >= 0.3 is 0 Å². The van der Waals surface area contributed by atoms with Gasteiger partial charge in [0.15, 0.2) is 0 Å². The summed E-state index contributed by atoms with van der Waals surface area (Å²) in [5.74, 6) is 2.61. The maximum absolute atomic E-state index is 9.25. The van der Waals surface area contributed by atoms with Crippen molar-refractivity contribution in [3.8, 4) is 11.3 Å². The summed E-state index contributed by atoms with van der Waals surface area (Å²) in [7, 11) is 1.98. The van der Waals surface area contributed by atoms with E-state index in [2.05, 4.69) is 35.3 Å². The third-order valence-corrected chi connectivity index (χ3v) is 5.04. The first-order valence-electron chi connectivity index (χ1n) is 9.28.